The Labute approximate surface area is 204 Å². The van der Waals surface area contributed by atoms with E-state index >= 15 is 0 Å². The number of rotatable bonds is 7. The number of piperidine rings is 1. The van der Waals surface area contributed by atoms with E-state index in [0.717, 1.165) is 32.2 Å². The van der Waals surface area contributed by atoms with E-state index in [-0.39, 0.29) is 47.2 Å². The third-order valence-electron chi connectivity index (χ3n) is 7.78. The van der Waals surface area contributed by atoms with Crippen molar-refractivity contribution in [2.75, 3.05) is 26.2 Å². The van der Waals surface area contributed by atoms with Crippen molar-refractivity contribution in [2.24, 2.45) is 17.8 Å². The lowest BCUT2D eigenvalue weighted by Gasteiger charge is -2.51. The molecular weight excluding hydrogens is 461 g/mol. The number of hydrogen-bond donors (Lipinski definition) is 4. The van der Waals surface area contributed by atoms with Gasteiger partial charge in [0.1, 0.15) is 11.6 Å². The van der Waals surface area contributed by atoms with Gasteiger partial charge in [-0.2, -0.15) is 0 Å². The molecule has 2 amide bonds. The molecule has 10 heteroatoms. The van der Waals surface area contributed by atoms with Crippen molar-refractivity contribution in [3.63, 3.8) is 0 Å². The predicted octanol–water partition coefficient (Wildman–Crippen LogP) is 1.79. The van der Waals surface area contributed by atoms with Crippen LogP contribution in [0.3, 0.4) is 0 Å². The molecule has 3 unspecified atom stereocenters. The second-order valence-corrected chi connectivity index (χ2v) is 10.5. The first-order valence-electron chi connectivity index (χ1n) is 12.4. The minimum atomic E-state index is -0.582. The van der Waals surface area contributed by atoms with E-state index in [0.29, 0.717) is 31.1 Å². The fraction of sp³-hybridized carbons (Fsp3) is 0.667. The molecule has 2 bridgehead atoms. The lowest BCUT2D eigenvalue weighted by Crippen LogP contribution is -2.60. The van der Waals surface area contributed by atoms with E-state index in [1.54, 1.807) is 0 Å². The average Bonchev–Trinajstić information content (AvgIpc) is 3.30. The molecule has 2 saturated heterocycles. The van der Waals surface area contributed by atoms with Crippen molar-refractivity contribution in [3.8, 4) is 5.75 Å². The van der Waals surface area contributed by atoms with Crippen molar-refractivity contribution in [2.45, 2.75) is 56.8 Å². The number of carbonyl (C=O) groups is 2. The standard InChI is InChI=1S/C24H33ClFN5O3/c25-18-5-4-17(9-19(18)26)34-13-23(32)29-20-10-21(15-7-14(20)8-15)30-24(33)16-11-28-31(12-16)22-3-1-2-6-27-22/h4-5,9,14-16,20-22,27-28H,1-3,6-8,10-13H2,(H,29,32)(H,30,33)/t14?,15?,16?,20?,21-,22?/m0/s1. The van der Waals surface area contributed by atoms with E-state index in [9.17, 15) is 14.0 Å². The van der Waals surface area contributed by atoms with Gasteiger partial charge < -0.3 is 20.7 Å². The van der Waals surface area contributed by atoms with Crippen LogP contribution in [0.2, 0.25) is 5.02 Å². The molecule has 5 aliphatic rings. The van der Waals surface area contributed by atoms with Crippen molar-refractivity contribution in [3.05, 3.63) is 29.0 Å². The van der Waals surface area contributed by atoms with Gasteiger partial charge in [0.15, 0.2) is 6.61 Å². The molecule has 0 aromatic heterocycles. The zero-order chi connectivity index (χ0) is 23.7. The Morgan fingerprint density at radius 1 is 1.15 bits per heavy atom. The van der Waals surface area contributed by atoms with Crippen molar-refractivity contribution in [1.29, 1.82) is 0 Å². The van der Waals surface area contributed by atoms with Gasteiger partial charge >= 0.3 is 0 Å². The molecule has 3 saturated carbocycles. The highest BCUT2D eigenvalue weighted by Crippen LogP contribution is 2.45. The number of nitrogens with one attached hydrogen (secondary N) is 4. The third kappa shape index (κ3) is 5.32. The lowest BCUT2D eigenvalue weighted by molar-refractivity contribution is -0.128. The minimum absolute atomic E-state index is 0.0120. The summed E-state index contributed by atoms with van der Waals surface area (Å²) in [4.78, 5) is 25.5. The highest BCUT2D eigenvalue weighted by Gasteiger charge is 2.47. The summed E-state index contributed by atoms with van der Waals surface area (Å²) in [6.07, 6.45) is 6.59. The predicted molar refractivity (Wildman–Crippen MR) is 125 cm³/mol. The number of ether oxygens (including phenoxy) is 1. The number of halogens is 2. The molecule has 0 spiro atoms. The number of hydrazine groups is 1. The normalized spacial score (nSPS) is 33.1. The van der Waals surface area contributed by atoms with Crippen molar-refractivity contribution < 1.29 is 18.7 Å². The van der Waals surface area contributed by atoms with Crippen LogP contribution in [0.4, 0.5) is 4.39 Å². The van der Waals surface area contributed by atoms with E-state index < -0.39 is 5.82 Å². The monoisotopic (exact) mass is 493 g/mol. The molecule has 1 aromatic carbocycles. The van der Waals surface area contributed by atoms with Gasteiger partial charge in [-0.15, -0.1) is 0 Å². The molecular formula is C24H33ClFN5O3. The molecule has 4 N–H and O–H groups in total. The van der Waals surface area contributed by atoms with Gasteiger partial charge in [-0.25, -0.2) is 9.40 Å². The molecule has 5 fully saturated rings. The second-order valence-electron chi connectivity index (χ2n) is 10.1. The van der Waals surface area contributed by atoms with Crippen LogP contribution in [0.1, 0.15) is 38.5 Å². The first-order chi connectivity index (χ1) is 16.5. The fourth-order valence-corrected chi connectivity index (χ4v) is 5.87. The van der Waals surface area contributed by atoms with Crippen LogP contribution in [0, 0.1) is 23.6 Å². The number of hydrogen-bond acceptors (Lipinski definition) is 6. The zero-order valence-electron chi connectivity index (χ0n) is 19.2. The summed E-state index contributed by atoms with van der Waals surface area (Å²) in [6, 6.07) is 4.19. The van der Waals surface area contributed by atoms with Gasteiger partial charge in [0.25, 0.3) is 5.91 Å². The van der Waals surface area contributed by atoms with E-state index in [1.807, 2.05) is 0 Å². The molecule has 186 valence electrons. The van der Waals surface area contributed by atoms with E-state index in [4.69, 9.17) is 16.3 Å². The maximum absolute atomic E-state index is 13.6. The molecule has 8 nitrogen and oxygen atoms in total. The SMILES string of the molecule is O=C(COc1ccc(Cl)c(F)c1)NC1C[C@H](NC(=O)C2CNN(C3CCCCN3)C2)C2CC1C2. The Bertz CT molecular complexity index is 909. The van der Waals surface area contributed by atoms with Crippen molar-refractivity contribution in [1.82, 2.24) is 26.4 Å². The molecule has 4 atom stereocenters. The number of benzene rings is 1. The smallest absolute Gasteiger partial charge is 0.258 e. The van der Waals surface area contributed by atoms with Crippen LogP contribution in [0.5, 0.6) is 5.75 Å². The fourth-order valence-electron chi connectivity index (χ4n) is 5.75. The summed E-state index contributed by atoms with van der Waals surface area (Å²) in [5.74, 6) is 0.393. The Hall–Kier alpha value is -1.94. The van der Waals surface area contributed by atoms with Crippen LogP contribution in [0.25, 0.3) is 0 Å². The topological polar surface area (TPSA) is 94.7 Å². The van der Waals surface area contributed by atoms with E-state index in [1.165, 1.54) is 31.0 Å². The van der Waals surface area contributed by atoms with Gasteiger partial charge in [-0.05, 0) is 69.0 Å². The van der Waals surface area contributed by atoms with Crippen LogP contribution >= 0.6 is 11.6 Å². The largest absolute Gasteiger partial charge is 0.484 e. The maximum Gasteiger partial charge on any atom is 0.258 e. The Morgan fingerprint density at radius 2 is 1.94 bits per heavy atom. The lowest BCUT2D eigenvalue weighted by atomic mass is 9.60. The highest BCUT2D eigenvalue weighted by atomic mass is 35.5. The van der Waals surface area contributed by atoms with E-state index in [2.05, 4.69) is 26.4 Å². The zero-order valence-corrected chi connectivity index (χ0v) is 20.0. The summed E-state index contributed by atoms with van der Waals surface area (Å²) < 4.78 is 19.0. The summed E-state index contributed by atoms with van der Waals surface area (Å²) >= 11 is 5.68. The van der Waals surface area contributed by atoms with Crippen LogP contribution < -0.4 is 26.1 Å². The third-order valence-corrected chi connectivity index (χ3v) is 8.09. The molecule has 6 rings (SSSR count). The van der Waals surface area contributed by atoms with Gasteiger partial charge in [-0.1, -0.05) is 11.6 Å². The molecule has 2 aliphatic heterocycles. The average molecular weight is 494 g/mol. The summed E-state index contributed by atoms with van der Waals surface area (Å²) in [6.45, 7) is 2.21. The minimum Gasteiger partial charge on any atom is -0.484 e. The Balaban J connectivity index is 1.08. The van der Waals surface area contributed by atoms with Crippen LogP contribution in [0.15, 0.2) is 18.2 Å². The number of fused-ring (bicyclic) bond motifs is 2. The molecule has 1 aromatic rings. The van der Waals surface area contributed by atoms with Gasteiger partial charge in [0, 0.05) is 31.2 Å². The van der Waals surface area contributed by atoms with Gasteiger partial charge in [-0.3, -0.25) is 15.0 Å². The Morgan fingerprint density at radius 3 is 2.68 bits per heavy atom. The van der Waals surface area contributed by atoms with Crippen LogP contribution in [-0.2, 0) is 9.59 Å². The quantitative estimate of drug-likeness (QED) is 0.463. The van der Waals surface area contributed by atoms with Gasteiger partial charge in [0.2, 0.25) is 5.91 Å². The van der Waals surface area contributed by atoms with Gasteiger partial charge in [0.05, 0.1) is 17.1 Å². The molecule has 34 heavy (non-hydrogen) atoms. The number of carbonyl (C=O) groups excluding carboxylic acids is 2. The van der Waals surface area contributed by atoms with Crippen molar-refractivity contribution >= 4 is 23.4 Å². The second kappa shape index (κ2) is 10.4. The summed E-state index contributed by atoms with van der Waals surface area (Å²) in [5, 5.41) is 12.1. The maximum atomic E-state index is 13.6. The highest BCUT2D eigenvalue weighted by molar-refractivity contribution is 6.30. The first-order valence-corrected chi connectivity index (χ1v) is 12.7. The first kappa shape index (κ1) is 23.8. The number of amides is 2. The summed E-state index contributed by atoms with van der Waals surface area (Å²) in [5.41, 5.74) is 3.39. The Kier molecular flexibility index (Phi) is 7.24. The number of nitrogens with zero attached hydrogens (tertiary/aromatic N) is 1. The molecule has 2 heterocycles. The molecule has 0 radical (unpaired) electrons. The molecule has 3 aliphatic carbocycles. The summed E-state index contributed by atoms with van der Waals surface area (Å²) in [7, 11) is 0. The van der Waals surface area contributed by atoms with Crippen LogP contribution in [-0.4, -0.2) is 61.3 Å².